The van der Waals surface area contributed by atoms with E-state index < -0.39 is 44.7 Å². The third-order valence-electron chi connectivity index (χ3n) is 2.95. The maximum absolute atomic E-state index is 13.6. The molecular formula is C12H10ClF4N3O2S. The largest absolute Gasteiger partial charge is 0.434 e. The molecule has 0 bridgehead atoms. The highest BCUT2D eigenvalue weighted by atomic mass is 35.5. The predicted octanol–water partition coefficient (Wildman–Crippen LogP) is 2.74. The van der Waals surface area contributed by atoms with Crippen molar-refractivity contribution in [1.29, 1.82) is 0 Å². The lowest BCUT2D eigenvalue weighted by Crippen LogP contribution is -2.17. The van der Waals surface area contributed by atoms with Crippen molar-refractivity contribution in [2.45, 2.75) is 17.7 Å². The zero-order valence-electron chi connectivity index (χ0n) is 11.6. The van der Waals surface area contributed by atoms with Gasteiger partial charge in [0.1, 0.15) is 11.5 Å². The molecule has 1 aromatic heterocycles. The molecule has 0 saturated carbocycles. The van der Waals surface area contributed by atoms with Crippen LogP contribution in [0.2, 0.25) is 5.02 Å². The van der Waals surface area contributed by atoms with Gasteiger partial charge in [0.05, 0.1) is 11.5 Å². The van der Waals surface area contributed by atoms with Gasteiger partial charge < -0.3 is 0 Å². The van der Waals surface area contributed by atoms with E-state index in [1.165, 1.54) is 12.1 Å². The second kappa shape index (κ2) is 6.08. The summed E-state index contributed by atoms with van der Waals surface area (Å²) in [6.45, 7) is 0. The summed E-state index contributed by atoms with van der Waals surface area (Å²) in [6.07, 6.45) is -4.81. The second-order valence-electron chi connectivity index (χ2n) is 4.74. The summed E-state index contributed by atoms with van der Waals surface area (Å²) in [5.74, 6) is -2.72. The first kappa shape index (κ1) is 17.7. The smallest absolute Gasteiger partial charge is 0.243 e. The van der Waals surface area contributed by atoms with Crippen LogP contribution in [0, 0.1) is 5.82 Å². The Labute approximate surface area is 133 Å². The summed E-state index contributed by atoms with van der Waals surface area (Å²) in [5, 5.41) is 6.31. The van der Waals surface area contributed by atoms with E-state index in [9.17, 15) is 26.0 Å². The standard InChI is InChI=1S/C12H10ClF4N3O2S/c1-20-11(12(15,16)17)10(18-19-20)6-23(21,22)5-7-8(13)3-2-4-9(7)14/h2-4H,5-6H2,1H3. The van der Waals surface area contributed by atoms with Crippen LogP contribution in [-0.4, -0.2) is 23.4 Å². The Hall–Kier alpha value is -1.68. The van der Waals surface area contributed by atoms with Gasteiger partial charge in [0, 0.05) is 17.6 Å². The Morgan fingerprint density at radius 3 is 2.48 bits per heavy atom. The van der Waals surface area contributed by atoms with Crippen molar-refractivity contribution in [2.24, 2.45) is 7.05 Å². The van der Waals surface area contributed by atoms with Gasteiger partial charge in [0.25, 0.3) is 0 Å². The molecular weight excluding hydrogens is 362 g/mol. The fraction of sp³-hybridized carbons (Fsp3) is 0.333. The van der Waals surface area contributed by atoms with Crippen LogP contribution < -0.4 is 0 Å². The summed E-state index contributed by atoms with van der Waals surface area (Å²) < 4.78 is 76.9. The average Bonchev–Trinajstić information content (AvgIpc) is 2.74. The van der Waals surface area contributed by atoms with E-state index in [1.54, 1.807) is 0 Å². The first-order valence-corrected chi connectivity index (χ1v) is 8.30. The van der Waals surface area contributed by atoms with Gasteiger partial charge in [-0.2, -0.15) is 13.2 Å². The first-order chi connectivity index (χ1) is 10.5. The van der Waals surface area contributed by atoms with Crippen molar-refractivity contribution < 1.29 is 26.0 Å². The van der Waals surface area contributed by atoms with Crippen molar-refractivity contribution in [3.63, 3.8) is 0 Å². The second-order valence-corrected chi connectivity index (χ2v) is 7.21. The molecule has 23 heavy (non-hydrogen) atoms. The number of hydrogen-bond acceptors (Lipinski definition) is 4. The van der Waals surface area contributed by atoms with Gasteiger partial charge in [-0.05, 0) is 12.1 Å². The molecule has 0 unspecified atom stereocenters. The van der Waals surface area contributed by atoms with Crippen LogP contribution in [-0.2, 0) is 34.6 Å². The Kier molecular flexibility index (Phi) is 4.67. The molecule has 0 fully saturated rings. The molecule has 0 aliphatic rings. The van der Waals surface area contributed by atoms with Gasteiger partial charge in [-0.3, -0.25) is 0 Å². The van der Waals surface area contributed by atoms with Gasteiger partial charge in [0.2, 0.25) is 0 Å². The Balaban J connectivity index is 2.34. The fourth-order valence-corrected chi connectivity index (χ4v) is 3.75. The summed E-state index contributed by atoms with van der Waals surface area (Å²) in [6, 6.07) is 3.59. The molecule has 0 saturated heterocycles. The van der Waals surface area contributed by atoms with E-state index in [-0.39, 0.29) is 10.6 Å². The minimum Gasteiger partial charge on any atom is -0.243 e. The van der Waals surface area contributed by atoms with E-state index in [0.717, 1.165) is 13.1 Å². The number of rotatable bonds is 4. The topological polar surface area (TPSA) is 64.8 Å². The number of hydrogen-bond donors (Lipinski definition) is 0. The zero-order valence-corrected chi connectivity index (χ0v) is 13.2. The van der Waals surface area contributed by atoms with Crippen LogP contribution in [0.25, 0.3) is 0 Å². The van der Waals surface area contributed by atoms with Crippen molar-refractivity contribution in [1.82, 2.24) is 15.0 Å². The number of aryl methyl sites for hydroxylation is 1. The van der Waals surface area contributed by atoms with Crippen LogP contribution in [0.4, 0.5) is 17.6 Å². The molecule has 1 aromatic carbocycles. The summed E-state index contributed by atoms with van der Waals surface area (Å²) in [4.78, 5) is 0. The molecule has 0 N–H and O–H groups in total. The molecule has 0 amide bonds. The van der Waals surface area contributed by atoms with Gasteiger partial charge >= 0.3 is 6.18 Å². The Morgan fingerprint density at radius 1 is 1.26 bits per heavy atom. The maximum Gasteiger partial charge on any atom is 0.434 e. The predicted molar refractivity (Wildman–Crippen MR) is 73.7 cm³/mol. The number of aromatic nitrogens is 3. The molecule has 2 rings (SSSR count). The molecule has 0 atom stereocenters. The fourth-order valence-electron chi connectivity index (χ4n) is 1.99. The van der Waals surface area contributed by atoms with Gasteiger partial charge in [-0.25, -0.2) is 17.5 Å². The monoisotopic (exact) mass is 371 g/mol. The Morgan fingerprint density at radius 2 is 1.91 bits per heavy atom. The summed E-state index contributed by atoms with van der Waals surface area (Å²) >= 11 is 5.73. The third kappa shape index (κ3) is 3.99. The van der Waals surface area contributed by atoms with Crippen LogP contribution >= 0.6 is 11.6 Å². The van der Waals surface area contributed by atoms with E-state index in [0.29, 0.717) is 4.68 Å². The Bertz CT molecular complexity index is 813. The number of sulfone groups is 1. The molecule has 0 aliphatic heterocycles. The van der Waals surface area contributed by atoms with E-state index in [2.05, 4.69) is 10.3 Å². The molecule has 126 valence electrons. The maximum atomic E-state index is 13.6. The van der Waals surface area contributed by atoms with Crippen molar-refractivity contribution >= 4 is 21.4 Å². The first-order valence-electron chi connectivity index (χ1n) is 6.10. The van der Waals surface area contributed by atoms with Gasteiger partial charge in [-0.15, -0.1) is 5.10 Å². The average molecular weight is 372 g/mol. The number of nitrogens with zero attached hydrogens (tertiary/aromatic N) is 3. The van der Waals surface area contributed by atoms with Crippen LogP contribution in [0.3, 0.4) is 0 Å². The minimum absolute atomic E-state index is 0.122. The SMILES string of the molecule is Cn1nnc(CS(=O)(=O)Cc2c(F)cccc2Cl)c1C(F)(F)F. The molecule has 2 aromatic rings. The molecule has 0 radical (unpaired) electrons. The van der Waals surface area contributed by atoms with E-state index in [4.69, 9.17) is 11.6 Å². The molecule has 0 spiro atoms. The number of halogens is 5. The van der Waals surface area contributed by atoms with Crippen LogP contribution in [0.15, 0.2) is 18.2 Å². The van der Waals surface area contributed by atoms with Crippen molar-refractivity contribution in [2.75, 3.05) is 0 Å². The van der Waals surface area contributed by atoms with Gasteiger partial charge in [-0.1, -0.05) is 22.9 Å². The quantitative estimate of drug-likeness (QED) is 0.775. The summed E-state index contributed by atoms with van der Waals surface area (Å²) in [7, 11) is -3.14. The summed E-state index contributed by atoms with van der Waals surface area (Å²) in [5.41, 5.74) is -2.31. The van der Waals surface area contributed by atoms with Crippen molar-refractivity contribution in [3.8, 4) is 0 Å². The number of alkyl halides is 3. The molecule has 11 heteroatoms. The third-order valence-corrected chi connectivity index (χ3v) is 4.74. The molecule has 0 aliphatic carbocycles. The lowest BCUT2D eigenvalue weighted by molar-refractivity contribution is -0.144. The highest BCUT2D eigenvalue weighted by Gasteiger charge is 2.39. The van der Waals surface area contributed by atoms with Crippen LogP contribution in [0.5, 0.6) is 0 Å². The highest BCUT2D eigenvalue weighted by Crippen LogP contribution is 2.32. The number of benzene rings is 1. The normalized spacial score (nSPS) is 12.6. The minimum atomic E-state index is -4.81. The lowest BCUT2D eigenvalue weighted by Gasteiger charge is -2.09. The lowest BCUT2D eigenvalue weighted by atomic mass is 10.2. The molecule has 5 nitrogen and oxygen atoms in total. The highest BCUT2D eigenvalue weighted by molar-refractivity contribution is 7.89. The van der Waals surface area contributed by atoms with Gasteiger partial charge in [0.15, 0.2) is 15.5 Å². The van der Waals surface area contributed by atoms with E-state index >= 15 is 0 Å². The van der Waals surface area contributed by atoms with Crippen LogP contribution in [0.1, 0.15) is 17.0 Å². The van der Waals surface area contributed by atoms with E-state index in [1.807, 2.05) is 0 Å². The van der Waals surface area contributed by atoms with Crippen molar-refractivity contribution in [3.05, 3.63) is 46.0 Å². The zero-order chi connectivity index (χ0) is 17.4. The molecule has 1 heterocycles.